The van der Waals surface area contributed by atoms with Gasteiger partial charge in [-0.2, -0.15) is 5.06 Å². The summed E-state index contributed by atoms with van der Waals surface area (Å²) in [5.74, 6) is -2.03. The zero-order chi connectivity index (χ0) is 15.4. The molecule has 0 aromatic rings. The van der Waals surface area contributed by atoms with Gasteiger partial charge in [0.15, 0.2) is 0 Å². The van der Waals surface area contributed by atoms with Crippen molar-refractivity contribution in [2.24, 2.45) is 0 Å². The average molecular weight is 289 g/mol. The van der Waals surface area contributed by atoms with Gasteiger partial charge in [0.2, 0.25) is 5.54 Å². The van der Waals surface area contributed by atoms with Crippen LogP contribution in [0.25, 0.3) is 0 Å². The van der Waals surface area contributed by atoms with Gasteiger partial charge >= 0.3 is 11.9 Å². The van der Waals surface area contributed by atoms with Gasteiger partial charge < -0.3 is 14.6 Å². The Morgan fingerprint density at radius 1 is 1.30 bits per heavy atom. The average Bonchev–Trinajstić information content (AvgIpc) is 2.72. The monoisotopic (exact) mass is 289 g/mol. The molecule has 0 amide bonds. The third kappa shape index (κ3) is 3.68. The number of aliphatic carboxylic acids is 1. The van der Waals surface area contributed by atoms with Crippen molar-refractivity contribution < 1.29 is 29.0 Å². The number of carboxylic acid groups (broad SMARTS) is 1. The number of ether oxygens (including phenoxy) is 2. The third-order valence-electron chi connectivity index (χ3n) is 2.95. The van der Waals surface area contributed by atoms with Gasteiger partial charge in [-0.1, -0.05) is 0 Å². The minimum Gasteiger partial charge on any atom is -0.479 e. The molecule has 1 aliphatic heterocycles. The molecule has 0 aromatic carbocycles. The molecule has 1 rings (SSSR count). The van der Waals surface area contributed by atoms with Crippen LogP contribution in [0.3, 0.4) is 0 Å². The lowest BCUT2D eigenvalue weighted by Gasteiger charge is -2.33. The summed E-state index contributed by atoms with van der Waals surface area (Å²) < 4.78 is 10.1. The highest BCUT2D eigenvalue weighted by molar-refractivity contribution is 6.04. The Morgan fingerprint density at radius 2 is 1.95 bits per heavy atom. The van der Waals surface area contributed by atoms with Crippen molar-refractivity contribution in [3.63, 3.8) is 0 Å². The first-order valence-corrected chi connectivity index (χ1v) is 6.60. The van der Waals surface area contributed by atoms with Crippen LogP contribution in [0.5, 0.6) is 0 Å². The predicted octanol–water partition coefficient (Wildman–Crippen LogP) is 0.825. The molecule has 0 aromatic heterocycles. The zero-order valence-electron chi connectivity index (χ0n) is 12.5. The molecular formula is C13H23NO6. The van der Waals surface area contributed by atoms with Crippen LogP contribution >= 0.6 is 0 Å². The lowest BCUT2D eigenvalue weighted by molar-refractivity contribution is -0.230. The molecule has 1 fully saturated rings. The van der Waals surface area contributed by atoms with Crippen LogP contribution in [0.4, 0.5) is 0 Å². The van der Waals surface area contributed by atoms with E-state index in [2.05, 4.69) is 0 Å². The summed E-state index contributed by atoms with van der Waals surface area (Å²) in [6, 6.07) is 0. The van der Waals surface area contributed by atoms with Crippen molar-refractivity contribution in [1.29, 1.82) is 0 Å². The largest absolute Gasteiger partial charge is 0.479 e. The molecule has 0 saturated carbocycles. The van der Waals surface area contributed by atoms with E-state index >= 15 is 0 Å². The van der Waals surface area contributed by atoms with E-state index in [0.29, 0.717) is 19.6 Å². The van der Waals surface area contributed by atoms with Crippen molar-refractivity contribution in [2.75, 3.05) is 26.9 Å². The first-order valence-electron chi connectivity index (χ1n) is 6.60. The summed E-state index contributed by atoms with van der Waals surface area (Å²) in [5, 5.41) is 10.7. The summed E-state index contributed by atoms with van der Waals surface area (Å²) in [6.45, 7) is 5.98. The number of methoxy groups -OCH3 is 1. The van der Waals surface area contributed by atoms with Crippen LogP contribution in [0.15, 0.2) is 0 Å². The van der Waals surface area contributed by atoms with E-state index in [1.54, 1.807) is 20.8 Å². The van der Waals surface area contributed by atoms with Crippen LogP contribution in [0, 0.1) is 0 Å². The van der Waals surface area contributed by atoms with Gasteiger partial charge in [0.25, 0.3) is 0 Å². The predicted molar refractivity (Wildman–Crippen MR) is 70.0 cm³/mol. The Hall–Kier alpha value is -1.18. The fourth-order valence-corrected chi connectivity index (χ4v) is 2.07. The van der Waals surface area contributed by atoms with Gasteiger partial charge in [-0.25, -0.2) is 9.59 Å². The van der Waals surface area contributed by atoms with Gasteiger partial charge in [-0.05, 0) is 33.6 Å². The molecule has 1 atom stereocenters. The molecule has 0 spiro atoms. The van der Waals surface area contributed by atoms with E-state index in [9.17, 15) is 14.7 Å². The van der Waals surface area contributed by atoms with E-state index < -0.39 is 23.1 Å². The Morgan fingerprint density at radius 3 is 2.45 bits per heavy atom. The molecule has 0 unspecified atom stereocenters. The highest BCUT2D eigenvalue weighted by Crippen LogP contribution is 2.32. The number of hydrogen-bond donors (Lipinski definition) is 1. The summed E-state index contributed by atoms with van der Waals surface area (Å²) in [5.41, 5.74) is -2.51. The number of carboxylic acids is 1. The second kappa shape index (κ2) is 6.51. The van der Waals surface area contributed by atoms with Crippen molar-refractivity contribution in [3.05, 3.63) is 0 Å². The van der Waals surface area contributed by atoms with Crippen LogP contribution < -0.4 is 0 Å². The molecule has 7 nitrogen and oxygen atoms in total. The van der Waals surface area contributed by atoms with Crippen LogP contribution in [-0.4, -0.2) is 60.1 Å². The molecule has 1 saturated heterocycles. The van der Waals surface area contributed by atoms with Crippen LogP contribution in [0.1, 0.15) is 33.6 Å². The van der Waals surface area contributed by atoms with Crippen molar-refractivity contribution >= 4 is 11.9 Å². The first-order chi connectivity index (χ1) is 9.24. The quantitative estimate of drug-likeness (QED) is 0.440. The minimum absolute atomic E-state index is 0.171. The molecule has 1 N–H and O–H groups in total. The van der Waals surface area contributed by atoms with E-state index in [4.69, 9.17) is 14.3 Å². The van der Waals surface area contributed by atoms with Gasteiger partial charge in [0.05, 0.1) is 13.2 Å². The van der Waals surface area contributed by atoms with Gasteiger partial charge in [-0.15, -0.1) is 0 Å². The molecule has 7 heteroatoms. The van der Waals surface area contributed by atoms with Gasteiger partial charge in [0.1, 0.15) is 5.60 Å². The Labute approximate surface area is 118 Å². The maximum atomic E-state index is 12.3. The fourth-order valence-electron chi connectivity index (χ4n) is 2.07. The molecule has 20 heavy (non-hydrogen) atoms. The number of carbonyl (C=O) groups excluding carboxylic acids is 1. The van der Waals surface area contributed by atoms with Crippen molar-refractivity contribution in [1.82, 2.24) is 5.06 Å². The summed E-state index contributed by atoms with van der Waals surface area (Å²) in [7, 11) is 1.52. The fraction of sp³-hybridized carbons (Fsp3) is 0.846. The number of esters is 1. The van der Waals surface area contributed by atoms with Gasteiger partial charge in [-0.3, -0.25) is 4.84 Å². The lowest BCUT2D eigenvalue weighted by Crippen LogP contribution is -2.58. The molecule has 0 bridgehead atoms. The van der Waals surface area contributed by atoms with Crippen LogP contribution in [0.2, 0.25) is 0 Å². The molecular weight excluding hydrogens is 266 g/mol. The Balaban J connectivity index is 2.89. The normalized spacial score (nSPS) is 23.8. The maximum absolute atomic E-state index is 12.3. The number of hydrogen-bond acceptors (Lipinski definition) is 6. The standard InChI is InChI=1S/C13H23NO6/c1-12(2,3)20-11(17)13(10(15)16)6-5-7-14(13)19-9-8-18-4/h5-9H2,1-4H3,(H,15,16)/t13-/m0/s1. The smallest absolute Gasteiger partial charge is 0.341 e. The molecule has 1 heterocycles. The lowest BCUT2D eigenvalue weighted by atomic mass is 9.97. The van der Waals surface area contributed by atoms with Crippen molar-refractivity contribution in [3.8, 4) is 0 Å². The SMILES string of the molecule is COCCON1CCC[C@]1(C(=O)O)C(=O)OC(C)(C)C. The molecule has 1 aliphatic rings. The Bertz CT molecular complexity index is 364. The number of hydroxylamine groups is 2. The highest BCUT2D eigenvalue weighted by Gasteiger charge is 2.57. The van der Waals surface area contributed by atoms with E-state index in [-0.39, 0.29) is 13.0 Å². The number of nitrogens with zero attached hydrogens (tertiary/aromatic N) is 1. The zero-order valence-corrected chi connectivity index (χ0v) is 12.5. The second-order valence-electron chi connectivity index (χ2n) is 5.70. The van der Waals surface area contributed by atoms with Gasteiger partial charge in [0, 0.05) is 13.7 Å². The topological polar surface area (TPSA) is 85.3 Å². The molecule has 116 valence electrons. The molecule has 0 aliphatic carbocycles. The highest BCUT2D eigenvalue weighted by atomic mass is 16.7. The number of rotatable bonds is 6. The summed E-state index contributed by atoms with van der Waals surface area (Å²) in [4.78, 5) is 29.3. The second-order valence-corrected chi connectivity index (χ2v) is 5.70. The summed E-state index contributed by atoms with van der Waals surface area (Å²) in [6.07, 6.45) is 0.725. The van der Waals surface area contributed by atoms with E-state index in [1.165, 1.54) is 12.2 Å². The number of carbonyl (C=O) groups is 2. The first kappa shape index (κ1) is 16.9. The van der Waals surface area contributed by atoms with Crippen LogP contribution in [-0.2, 0) is 23.9 Å². The Kier molecular flexibility index (Phi) is 5.50. The summed E-state index contributed by atoms with van der Waals surface area (Å²) >= 11 is 0. The minimum atomic E-state index is -1.76. The maximum Gasteiger partial charge on any atom is 0.341 e. The van der Waals surface area contributed by atoms with Crippen molar-refractivity contribution in [2.45, 2.75) is 44.8 Å². The molecule has 0 radical (unpaired) electrons. The van der Waals surface area contributed by atoms with E-state index in [0.717, 1.165) is 0 Å². The van der Waals surface area contributed by atoms with E-state index in [1.807, 2.05) is 0 Å². The third-order valence-corrected chi connectivity index (χ3v) is 2.95.